The number of likely N-dealkylation sites (tertiary alicyclic amines) is 1. The van der Waals surface area contributed by atoms with Crippen LogP contribution in [0.2, 0.25) is 5.02 Å². The van der Waals surface area contributed by atoms with Gasteiger partial charge in [0.2, 0.25) is 5.91 Å². The lowest BCUT2D eigenvalue weighted by atomic mass is 10.1. The maximum absolute atomic E-state index is 12.6. The molecule has 2 atom stereocenters. The number of hydrogen-bond donors (Lipinski definition) is 2. The second-order valence-corrected chi connectivity index (χ2v) is 8.02. The number of aryl methyl sites for hydroxylation is 1. The summed E-state index contributed by atoms with van der Waals surface area (Å²) in [4.78, 5) is 14.9. The van der Waals surface area contributed by atoms with Crippen LogP contribution in [0, 0.1) is 6.92 Å². The van der Waals surface area contributed by atoms with Crippen LogP contribution in [0.25, 0.3) is 0 Å². The molecule has 1 aliphatic rings. The summed E-state index contributed by atoms with van der Waals surface area (Å²) < 4.78 is 5.34. The molecule has 1 fully saturated rings. The Morgan fingerprint density at radius 1 is 1.24 bits per heavy atom. The van der Waals surface area contributed by atoms with Crippen LogP contribution < -0.4 is 15.4 Å². The molecule has 1 amide bonds. The Kier molecular flexibility index (Phi) is 7.53. The van der Waals surface area contributed by atoms with E-state index in [1.807, 2.05) is 31.2 Å². The van der Waals surface area contributed by atoms with E-state index in [1.165, 1.54) is 5.56 Å². The summed E-state index contributed by atoms with van der Waals surface area (Å²) in [6.07, 6.45) is 0.793. The van der Waals surface area contributed by atoms with Crippen LogP contribution in [0.4, 0.5) is 0 Å². The number of carbonyl (C=O) groups is 1. The maximum Gasteiger partial charge on any atom is 0.237 e. The SMILES string of the molecule is CCNC(=O)[C@@H]1C[C@H](NCc2ccc(OC)c(C)c2)CN1Cc1cccc(Cl)c1. The minimum atomic E-state index is -0.135. The van der Waals surface area contributed by atoms with Crippen LogP contribution in [0.1, 0.15) is 30.0 Å². The second-order valence-electron chi connectivity index (χ2n) is 7.59. The number of methoxy groups -OCH3 is 1. The van der Waals surface area contributed by atoms with E-state index in [2.05, 4.69) is 40.7 Å². The van der Waals surface area contributed by atoms with Crippen molar-refractivity contribution in [1.82, 2.24) is 15.5 Å². The largest absolute Gasteiger partial charge is 0.496 e. The zero-order valence-corrected chi connectivity index (χ0v) is 18.1. The number of rotatable bonds is 8. The fraction of sp³-hybridized carbons (Fsp3) is 0.435. The highest BCUT2D eigenvalue weighted by molar-refractivity contribution is 6.30. The number of halogens is 1. The summed E-state index contributed by atoms with van der Waals surface area (Å²) in [6, 6.07) is 14.2. The van der Waals surface area contributed by atoms with Gasteiger partial charge in [-0.25, -0.2) is 0 Å². The third kappa shape index (κ3) is 5.72. The predicted molar refractivity (Wildman–Crippen MR) is 117 cm³/mol. The Balaban J connectivity index is 1.65. The van der Waals surface area contributed by atoms with Gasteiger partial charge in [0.1, 0.15) is 5.75 Å². The van der Waals surface area contributed by atoms with Gasteiger partial charge >= 0.3 is 0 Å². The molecule has 1 saturated heterocycles. The van der Waals surface area contributed by atoms with Crippen LogP contribution in [0.5, 0.6) is 5.75 Å². The summed E-state index contributed by atoms with van der Waals surface area (Å²) in [5, 5.41) is 7.33. The first-order valence-electron chi connectivity index (χ1n) is 10.1. The first-order chi connectivity index (χ1) is 14.0. The Morgan fingerprint density at radius 3 is 2.76 bits per heavy atom. The summed E-state index contributed by atoms with van der Waals surface area (Å²) in [6.45, 7) is 6.95. The zero-order chi connectivity index (χ0) is 20.8. The first kappa shape index (κ1) is 21.6. The van der Waals surface area contributed by atoms with Gasteiger partial charge in [-0.1, -0.05) is 35.9 Å². The molecule has 1 heterocycles. The van der Waals surface area contributed by atoms with Crippen molar-refractivity contribution in [2.45, 2.75) is 45.4 Å². The van der Waals surface area contributed by atoms with Crippen LogP contribution >= 0.6 is 11.6 Å². The van der Waals surface area contributed by atoms with Crippen molar-refractivity contribution in [1.29, 1.82) is 0 Å². The monoisotopic (exact) mass is 415 g/mol. The summed E-state index contributed by atoms with van der Waals surface area (Å²) >= 11 is 6.14. The molecule has 1 aliphatic heterocycles. The minimum Gasteiger partial charge on any atom is -0.496 e. The highest BCUT2D eigenvalue weighted by atomic mass is 35.5. The first-order valence-corrected chi connectivity index (χ1v) is 10.5. The average Bonchev–Trinajstić information content (AvgIpc) is 3.09. The Hall–Kier alpha value is -2.08. The quantitative estimate of drug-likeness (QED) is 0.692. The van der Waals surface area contributed by atoms with Gasteiger partial charge < -0.3 is 15.4 Å². The van der Waals surface area contributed by atoms with Crippen molar-refractivity contribution in [3.63, 3.8) is 0 Å². The lowest BCUT2D eigenvalue weighted by Gasteiger charge is -2.23. The van der Waals surface area contributed by atoms with E-state index in [0.29, 0.717) is 13.1 Å². The van der Waals surface area contributed by atoms with Crippen LogP contribution in [-0.4, -0.2) is 43.1 Å². The third-order valence-electron chi connectivity index (χ3n) is 5.39. The highest BCUT2D eigenvalue weighted by Crippen LogP contribution is 2.23. The smallest absolute Gasteiger partial charge is 0.237 e. The highest BCUT2D eigenvalue weighted by Gasteiger charge is 2.36. The molecule has 6 heteroatoms. The fourth-order valence-electron chi connectivity index (χ4n) is 3.97. The van der Waals surface area contributed by atoms with E-state index in [1.54, 1.807) is 7.11 Å². The molecule has 29 heavy (non-hydrogen) atoms. The lowest BCUT2D eigenvalue weighted by Crippen LogP contribution is -2.42. The molecule has 5 nitrogen and oxygen atoms in total. The van der Waals surface area contributed by atoms with E-state index in [0.717, 1.165) is 41.4 Å². The number of carbonyl (C=O) groups excluding carboxylic acids is 1. The molecule has 0 bridgehead atoms. The molecule has 2 aromatic carbocycles. The number of ether oxygens (including phenoxy) is 1. The molecule has 0 saturated carbocycles. The van der Waals surface area contributed by atoms with Gasteiger partial charge in [0.25, 0.3) is 0 Å². The number of likely N-dealkylation sites (N-methyl/N-ethyl adjacent to an activating group) is 1. The van der Waals surface area contributed by atoms with Gasteiger partial charge in [-0.2, -0.15) is 0 Å². The number of hydrogen-bond acceptors (Lipinski definition) is 4. The van der Waals surface area contributed by atoms with Gasteiger partial charge in [0, 0.05) is 37.2 Å². The number of nitrogens with one attached hydrogen (secondary N) is 2. The van der Waals surface area contributed by atoms with Crippen LogP contribution in [-0.2, 0) is 17.9 Å². The fourth-order valence-corrected chi connectivity index (χ4v) is 4.19. The van der Waals surface area contributed by atoms with Gasteiger partial charge in [0.05, 0.1) is 13.2 Å². The molecule has 0 radical (unpaired) electrons. The normalized spacial score (nSPS) is 19.3. The van der Waals surface area contributed by atoms with Crippen LogP contribution in [0.15, 0.2) is 42.5 Å². The van der Waals surface area contributed by atoms with Crippen molar-refractivity contribution in [2.75, 3.05) is 20.2 Å². The lowest BCUT2D eigenvalue weighted by molar-refractivity contribution is -0.125. The van der Waals surface area contributed by atoms with Crippen molar-refractivity contribution >= 4 is 17.5 Å². The van der Waals surface area contributed by atoms with Gasteiger partial charge in [-0.3, -0.25) is 9.69 Å². The minimum absolute atomic E-state index is 0.0964. The molecule has 2 N–H and O–H groups in total. The summed E-state index contributed by atoms with van der Waals surface area (Å²) in [5.41, 5.74) is 3.46. The number of nitrogens with zero attached hydrogens (tertiary/aromatic N) is 1. The van der Waals surface area contributed by atoms with Crippen molar-refractivity contribution in [2.24, 2.45) is 0 Å². The Morgan fingerprint density at radius 2 is 2.07 bits per heavy atom. The maximum atomic E-state index is 12.6. The second kappa shape index (κ2) is 10.1. The van der Waals surface area contributed by atoms with Crippen molar-refractivity contribution in [3.05, 3.63) is 64.2 Å². The summed E-state index contributed by atoms with van der Waals surface area (Å²) in [5.74, 6) is 0.998. The molecular weight excluding hydrogens is 386 g/mol. The van der Waals surface area contributed by atoms with E-state index in [4.69, 9.17) is 16.3 Å². The number of benzene rings is 2. The van der Waals surface area contributed by atoms with Gasteiger partial charge in [0.15, 0.2) is 0 Å². The topological polar surface area (TPSA) is 53.6 Å². The van der Waals surface area contributed by atoms with Gasteiger partial charge in [-0.15, -0.1) is 0 Å². The molecule has 156 valence electrons. The molecule has 0 aromatic heterocycles. The van der Waals surface area contributed by atoms with E-state index >= 15 is 0 Å². The van der Waals surface area contributed by atoms with Crippen LogP contribution in [0.3, 0.4) is 0 Å². The molecule has 0 unspecified atom stereocenters. The number of amides is 1. The van der Waals surface area contributed by atoms with Crippen molar-refractivity contribution < 1.29 is 9.53 Å². The summed E-state index contributed by atoms with van der Waals surface area (Å²) in [7, 11) is 1.69. The third-order valence-corrected chi connectivity index (χ3v) is 5.62. The standard InChI is InChI=1S/C23H30ClN3O2/c1-4-25-23(28)21-12-20(15-27(21)14-18-6-5-7-19(24)11-18)26-13-17-8-9-22(29-3)16(2)10-17/h5-11,20-21,26H,4,12-15H2,1-3H3,(H,25,28)/t20-,21-/m0/s1. The predicted octanol–water partition coefficient (Wildman–Crippen LogP) is 3.53. The van der Waals surface area contributed by atoms with E-state index in [9.17, 15) is 4.79 Å². The van der Waals surface area contributed by atoms with Crippen molar-refractivity contribution in [3.8, 4) is 5.75 Å². The molecule has 2 aromatic rings. The zero-order valence-electron chi connectivity index (χ0n) is 17.4. The Bertz CT molecular complexity index is 843. The average molecular weight is 416 g/mol. The van der Waals surface area contributed by atoms with E-state index in [-0.39, 0.29) is 18.0 Å². The Labute approximate surface area is 178 Å². The molecular formula is C23H30ClN3O2. The molecule has 3 rings (SSSR count). The van der Waals surface area contributed by atoms with Gasteiger partial charge in [-0.05, 0) is 55.2 Å². The van der Waals surface area contributed by atoms with E-state index < -0.39 is 0 Å². The molecule has 0 aliphatic carbocycles. The molecule has 0 spiro atoms.